The number of hydrogen-bond donors (Lipinski definition) is 1. The Morgan fingerprint density at radius 2 is 1.73 bits per heavy atom. The van der Waals surface area contributed by atoms with Crippen LogP contribution in [-0.4, -0.2) is 6.04 Å². The van der Waals surface area contributed by atoms with Crippen LogP contribution in [0.2, 0.25) is 0 Å². The summed E-state index contributed by atoms with van der Waals surface area (Å²) in [6.07, 6.45) is 12.4. The van der Waals surface area contributed by atoms with Crippen molar-refractivity contribution in [1.82, 2.24) is 0 Å². The summed E-state index contributed by atoms with van der Waals surface area (Å²) in [4.78, 5) is 0. The molecule has 1 heteroatoms. The maximum atomic E-state index is 6.14. The summed E-state index contributed by atoms with van der Waals surface area (Å²) in [5.74, 6) is 1.85. The third-order valence-electron chi connectivity index (χ3n) is 3.78. The molecule has 0 aromatic heterocycles. The molecule has 0 aliphatic heterocycles. The zero-order valence-corrected chi connectivity index (χ0v) is 10.7. The summed E-state index contributed by atoms with van der Waals surface area (Å²) < 4.78 is 0. The third kappa shape index (κ3) is 6.19. The summed E-state index contributed by atoms with van der Waals surface area (Å²) in [6.45, 7) is 4.59. The van der Waals surface area contributed by atoms with Crippen LogP contribution in [-0.2, 0) is 0 Å². The molecule has 0 radical (unpaired) electrons. The van der Waals surface area contributed by atoms with Crippen molar-refractivity contribution in [3.8, 4) is 0 Å². The Balaban J connectivity index is 1.95. The van der Waals surface area contributed by atoms with E-state index >= 15 is 0 Å². The fraction of sp³-hybridized carbons (Fsp3) is 1.00. The Bertz CT molecular complexity index is 147. The second kappa shape index (κ2) is 7.27. The van der Waals surface area contributed by atoms with Gasteiger partial charge in [-0.15, -0.1) is 0 Å². The van der Waals surface area contributed by atoms with Crippen molar-refractivity contribution in [1.29, 1.82) is 0 Å². The molecule has 15 heavy (non-hydrogen) atoms. The minimum Gasteiger partial charge on any atom is -0.328 e. The molecular formula is C14H29N. The van der Waals surface area contributed by atoms with Gasteiger partial charge in [-0.1, -0.05) is 52.4 Å². The summed E-state index contributed by atoms with van der Waals surface area (Å²) in [7, 11) is 0. The van der Waals surface area contributed by atoms with Crippen molar-refractivity contribution >= 4 is 0 Å². The fourth-order valence-corrected chi connectivity index (χ4v) is 2.68. The second-order valence-corrected chi connectivity index (χ2v) is 5.81. The van der Waals surface area contributed by atoms with E-state index in [-0.39, 0.29) is 0 Å². The van der Waals surface area contributed by atoms with Crippen LogP contribution in [0.3, 0.4) is 0 Å². The quantitative estimate of drug-likeness (QED) is 0.674. The lowest BCUT2D eigenvalue weighted by Gasteiger charge is -2.15. The van der Waals surface area contributed by atoms with E-state index in [1.807, 2.05) is 0 Å². The van der Waals surface area contributed by atoms with Gasteiger partial charge in [-0.2, -0.15) is 0 Å². The minimum absolute atomic E-state index is 0.476. The standard InChI is InChI=1S/C14H29N/c1-12(2)6-5-9-14(15)11-10-13-7-3-4-8-13/h12-14H,3-11,15H2,1-2H3. The molecule has 0 amide bonds. The molecule has 1 atom stereocenters. The Morgan fingerprint density at radius 1 is 1.07 bits per heavy atom. The van der Waals surface area contributed by atoms with Crippen LogP contribution in [0, 0.1) is 11.8 Å². The van der Waals surface area contributed by atoms with Crippen molar-refractivity contribution in [2.75, 3.05) is 0 Å². The molecule has 1 nitrogen and oxygen atoms in total. The van der Waals surface area contributed by atoms with Gasteiger partial charge in [0.1, 0.15) is 0 Å². The summed E-state index contributed by atoms with van der Waals surface area (Å²) in [5.41, 5.74) is 6.14. The van der Waals surface area contributed by atoms with Gasteiger partial charge in [-0.05, 0) is 31.1 Å². The lowest BCUT2D eigenvalue weighted by molar-refractivity contribution is 0.420. The molecule has 90 valence electrons. The van der Waals surface area contributed by atoms with Crippen LogP contribution in [0.15, 0.2) is 0 Å². The molecule has 0 aromatic rings. The predicted molar refractivity (Wildman–Crippen MR) is 67.9 cm³/mol. The molecule has 0 saturated heterocycles. The van der Waals surface area contributed by atoms with E-state index in [9.17, 15) is 0 Å². The zero-order valence-electron chi connectivity index (χ0n) is 10.7. The molecule has 1 rings (SSSR count). The van der Waals surface area contributed by atoms with Crippen molar-refractivity contribution in [2.24, 2.45) is 17.6 Å². The first-order valence-electron chi connectivity index (χ1n) is 6.94. The summed E-state index contributed by atoms with van der Waals surface area (Å²) >= 11 is 0. The highest BCUT2D eigenvalue weighted by atomic mass is 14.6. The van der Waals surface area contributed by atoms with Gasteiger partial charge in [-0.3, -0.25) is 0 Å². The number of hydrogen-bond acceptors (Lipinski definition) is 1. The molecule has 0 heterocycles. The first kappa shape index (κ1) is 13.0. The van der Waals surface area contributed by atoms with Gasteiger partial charge >= 0.3 is 0 Å². The zero-order chi connectivity index (χ0) is 11.1. The van der Waals surface area contributed by atoms with Crippen molar-refractivity contribution in [2.45, 2.75) is 77.7 Å². The molecule has 1 fully saturated rings. The SMILES string of the molecule is CC(C)CCCC(N)CCC1CCCC1. The largest absolute Gasteiger partial charge is 0.328 e. The molecule has 1 aliphatic carbocycles. The summed E-state index contributed by atoms with van der Waals surface area (Å²) in [5, 5.41) is 0. The van der Waals surface area contributed by atoms with E-state index in [4.69, 9.17) is 5.73 Å². The average molecular weight is 211 g/mol. The molecular weight excluding hydrogens is 182 g/mol. The van der Waals surface area contributed by atoms with Crippen LogP contribution in [0.1, 0.15) is 71.6 Å². The van der Waals surface area contributed by atoms with E-state index in [0.717, 1.165) is 11.8 Å². The van der Waals surface area contributed by atoms with Crippen LogP contribution < -0.4 is 5.73 Å². The smallest absolute Gasteiger partial charge is 0.00389 e. The van der Waals surface area contributed by atoms with Crippen molar-refractivity contribution < 1.29 is 0 Å². The topological polar surface area (TPSA) is 26.0 Å². The van der Waals surface area contributed by atoms with Gasteiger partial charge in [0.2, 0.25) is 0 Å². The van der Waals surface area contributed by atoms with Crippen LogP contribution in [0.25, 0.3) is 0 Å². The second-order valence-electron chi connectivity index (χ2n) is 5.81. The maximum absolute atomic E-state index is 6.14. The highest BCUT2D eigenvalue weighted by molar-refractivity contribution is 4.70. The molecule has 1 saturated carbocycles. The molecule has 2 N–H and O–H groups in total. The van der Waals surface area contributed by atoms with E-state index in [0.29, 0.717) is 6.04 Å². The lowest BCUT2D eigenvalue weighted by Crippen LogP contribution is -2.20. The monoisotopic (exact) mass is 211 g/mol. The van der Waals surface area contributed by atoms with Gasteiger partial charge in [0.25, 0.3) is 0 Å². The highest BCUT2D eigenvalue weighted by Gasteiger charge is 2.15. The van der Waals surface area contributed by atoms with Crippen LogP contribution in [0.4, 0.5) is 0 Å². The first-order valence-corrected chi connectivity index (χ1v) is 6.94. The molecule has 0 bridgehead atoms. The molecule has 1 unspecified atom stereocenters. The minimum atomic E-state index is 0.476. The van der Waals surface area contributed by atoms with Gasteiger partial charge in [0.05, 0.1) is 0 Å². The summed E-state index contributed by atoms with van der Waals surface area (Å²) in [6, 6.07) is 0.476. The Kier molecular flexibility index (Phi) is 6.31. The Morgan fingerprint density at radius 3 is 2.33 bits per heavy atom. The molecule has 1 aliphatic rings. The maximum Gasteiger partial charge on any atom is 0.00389 e. The average Bonchev–Trinajstić information content (AvgIpc) is 2.66. The predicted octanol–water partition coefficient (Wildman–Crippen LogP) is 4.11. The van der Waals surface area contributed by atoms with Gasteiger partial charge in [-0.25, -0.2) is 0 Å². The Labute approximate surface area is 95.8 Å². The van der Waals surface area contributed by atoms with Gasteiger partial charge < -0.3 is 5.73 Å². The molecule has 0 spiro atoms. The molecule has 0 aromatic carbocycles. The van der Waals surface area contributed by atoms with E-state index in [1.165, 1.54) is 57.8 Å². The normalized spacial score (nSPS) is 20.0. The number of nitrogens with two attached hydrogens (primary N) is 1. The van der Waals surface area contributed by atoms with Crippen molar-refractivity contribution in [3.05, 3.63) is 0 Å². The van der Waals surface area contributed by atoms with Gasteiger partial charge in [0.15, 0.2) is 0 Å². The first-order chi connectivity index (χ1) is 7.18. The lowest BCUT2D eigenvalue weighted by atomic mass is 9.95. The fourth-order valence-electron chi connectivity index (χ4n) is 2.68. The van der Waals surface area contributed by atoms with E-state index < -0.39 is 0 Å². The van der Waals surface area contributed by atoms with Gasteiger partial charge in [0, 0.05) is 6.04 Å². The third-order valence-corrected chi connectivity index (χ3v) is 3.78. The van der Waals surface area contributed by atoms with Crippen molar-refractivity contribution in [3.63, 3.8) is 0 Å². The number of rotatable bonds is 7. The Hall–Kier alpha value is -0.0400. The van der Waals surface area contributed by atoms with E-state index in [2.05, 4.69) is 13.8 Å². The highest BCUT2D eigenvalue weighted by Crippen LogP contribution is 2.29. The van der Waals surface area contributed by atoms with Crippen LogP contribution in [0.5, 0.6) is 0 Å². The van der Waals surface area contributed by atoms with E-state index in [1.54, 1.807) is 0 Å². The van der Waals surface area contributed by atoms with Crippen LogP contribution >= 0.6 is 0 Å².